The van der Waals surface area contributed by atoms with Crippen LogP contribution in [0.15, 0.2) is 18.2 Å². The first-order valence-corrected chi connectivity index (χ1v) is 8.32. The van der Waals surface area contributed by atoms with E-state index >= 15 is 0 Å². The third kappa shape index (κ3) is 4.24. The van der Waals surface area contributed by atoms with Gasteiger partial charge in [-0.15, -0.1) is 0 Å². The van der Waals surface area contributed by atoms with Gasteiger partial charge in [0.05, 0.1) is 7.11 Å². The van der Waals surface area contributed by atoms with Gasteiger partial charge >= 0.3 is 5.97 Å². The number of aliphatic carboxylic acids is 1. The summed E-state index contributed by atoms with van der Waals surface area (Å²) >= 11 is 0. The summed E-state index contributed by atoms with van der Waals surface area (Å²) in [6, 6.07) is 2.64. The van der Waals surface area contributed by atoms with Crippen LogP contribution in [0.4, 0.5) is 4.39 Å². The number of nitrogens with one attached hydrogen (secondary N) is 1. The van der Waals surface area contributed by atoms with Gasteiger partial charge in [-0.05, 0) is 49.3 Å². The Bertz CT molecular complexity index is 597. The van der Waals surface area contributed by atoms with Gasteiger partial charge in [0.15, 0.2) is 17.6 Å². The molecule has 132 valence electrons. The summed E-state index contributed by atoms with van der Waals surface area (Å²) in [7, 11) is 1.33. The van der Waals surface area contributed by atoms with Crippen molar-refractivity contribution in [2.75, 3.05) is 7.11 Å². The molecule has 1 amide bonds. The Morgan fingerprint density at radius 1 is 1.33 bits per heavy atom. The molecule has 2 N–H and O–H groups in total. The number of carbonyl (C=O) groups excluding carboxylic acids is 1. The highest BCUT2D eigenvalue weighted by molar-refractivity contribution is 5.85. The van der Waals surface area contributed by atoms with Crippen LogP contribution in [0.5, 0.6) is 5.75 Å². The van der Waals surface area contributed by atoms with Crippen LogP contribution >= 0.6 is 0 Å². The number of hydrogen-bond acceptors (Lipinski definition) is 3. The molecule has 1 unspecified atom stereocenters. The van der Waals surface area contributed by atoms with Crippen molar-refractivity contribution >= 4 is 11.9 Å². The maximum atomic E-state index is 13.8. The minimum Gasteiger partial charge on any atom is -0.494 e. The van der Waals surface area contributed by atoms with E-state index in [-0.39, 0.29) is 23.1 Å². The lowest BCUT2D eigenvalue weighted by Gasteiger charge is -2.28. The molecular formula is C18H24FNO4. The Morgan fingerprint density at radius 2 is 2.00 bits per heavy atom. The molecule has 0 saturated heterocycles. The predicted molar refractivity (Wildman–Crippen MR) is 87.2 cm³/mol. The molecule has 1 aromatic carbocycles. The van der Waals surface area contributed by atoms with Crippen LogP contribution in [0.3, 0.4) is 0 Å². The molecule has 2 rings (SSSR count). The molecule has 1 atom stereocenters. The smallest absolute Gasteiger partial charge is 0.330 e. The zero-order valence-corrected chi connectivity index (χ0v) is 14.0. The Balaban J connectivity index is 2.07. The van der Waals surface area contributed by atoms with Gasteiger partial charge in [-0.2, -0.15) is 0 Å². The van der Waals surface area contributed by atoms with Crippen LogP contribution in [-0.2, 0) is 9.59 Å². The summed E-state index contributed by atoms with van der Waals surface area (Å²) in [6.07, 6.45) is 4.63. The zero-order chi connectivity index (χ0) is 17.7. The van der Waals surface area contributed by atoms with Crippen molar-refractivity contribution in [2.45, 2.75) is 45.1 Å². The highest BCUT2D eigenvalue weighted by Crippen LogP contribution is 2.31. The van der Waals surface area contributed by atoms with Crippen molar-refractivity contribution in [1.29, 1.82) is 0 Å². The summed E-state index contributed by atoms with van der Waals surface area (Å²) in [4.78, 5) is 23.9. The summed E-state index contributed by atoms with van der Waals surface area (Å²) in [6.45, 7) is 2.14. The van der Waals surface area contributed by atoms with Gasteiger partial charge in [0.2, 0.25) is 5.91 Å². The highest BCUT2D eigenvalue weighted by atomic mass is 19.1. The van der Waals surface area contributed by atoms with Gasteiger partial charge in [0.1, 0.15) is 0 Å². The van der Waals surface area contributed by atoms with Crippen molar-refractivity contribution in [3.63, 3.8) is 0 Å². The second kappa shape index (κ2) is 8.13. The molecule has 24 heavy (non-hydrogen) atoms. The van der Waals surface area contributed by atoms with E-state index in [1.807, 2.05) is 0 Å². The molecule has 0 heterocycles. The lowest BCUT2D eigenvalue weighted by molar-refractivity contribution is -0.143. The average molecular weight is 337 g/mol. The van der Waals surface area contributed by atoms with Crippen LogP contribution < -0.4 is 10.1 Å². The largest absolute Gasteiger partial charge is 0.494 e. The third-order valence-electron chi connectivity index (χ3n) is 4.84. The van der Waals surface area contributed by atoms with Crippen LogP contribution in [0, 0.1) is 17.7 Å². The van der Waals surface area contributed by atoms with Crippen LogP contribution in [0.2, 0.25) is 0 Å². The first kappa shape index (κ1) is 18.2. The molecule has 0 spiro atoms. The summed E-state index contributed by atoms with van der Waals surface area (Å²) < 4.78 is 18.6. The van der Waals surface area contributed by atoms with Crippen molar-refractivity contribution in [2.24, 2.45) is 11.8 Å². The number of hydrogen-bond donors (Lipinski definition) is 2. The van der Waals surface area contributed by atoms with E-state index in [4.69, 9.17) is 4.74 Å². The van der Waals surface area contributed by atoms with Gasteiger partial charge in [-0.25, -0.2) is 9.18 Å². The first-order chi connectivity index (χ1) is 11.5. The standard InChI is InChI=1S/C18H24FNO4/c1-3-11-4-6-12(7-5-11)17(21)20-16(18(22)23)13-8-9-15(24-2)14(19)10-13/h8-12,16H,3-7H2,1-2H3,(H,20,21)(H,22,23). The molecule has 1 aliphatic rings. The molecule has 1 aromatic rings. The Labute approximate surface area is 141 Å². The predicted octanol–water partition coefficient (Wildman–Crippen LogP) is 3.29. The van der Waals surface area contributed by atoms with Crippen molar-refractivity contribution in [3.05, 3.63) is 29.6 Å². The van der Waals surface area contributed by atoms with E-state index in [1.165, 1.54) is 19.2 Å². The van der Waals surface area contributed by atoms with E-state index in [0.29, 0.717) is 5.92 Å². The monoisotopic (exact) mass is 337 g/mol. The number of halogens is 1. The number of carboxylic acid groups (broad SMARTS) is 1. The van der Waals surface area contributed by atoms with Gasteiger partial charge in [0.25, 0.3) is 0 Å². The molecule has 1 fully saturated rings. The number of carbonyl (C=O) groups is 2. The van der Waals surface area contributed by atoms with E-state index in [2.05, 4.69) is 12.2 Å². The highest BCUT2D eigenvalue weighted by Gasteiger charge is 2.30. The topological polar surface area (TPSA) is 75.6 Å². The molecule has 1 aliphatic carbocycles. The fourth-order valence-electron chi connectivity index (χ4n) is 3.24. The fraction of sp³-hybridized carbons (Fsp3) is 0.556. The van der Waals surface area contributed by atoms with Crippen LogP contribution in [0.1, 0.15) is 50.6 Å². The Morgan fingerprint density at radius 3 is 2.50 bits per heavy atom. The lowest BCUT2D eigenvalue weighted by atomic mass is 9.80. The quantitative estimate of drug-likeness (QED) is 0.835. The molecule has 6 heteroatoms. The molecule has 0 aromatic heterocycles. The SMILES string of the molecule is CCC1CCC(C(=O)NC(C(=O)O)c2ccc(OC)c(F)c2)CC1. The number of rotatable bonds is 6. The summed E-state index contributed by atoms with van der Waals surface area (Å²) in [5.41, 5.74) is 0.191. The van der Waals surface area contributed by atoms with Crippen LogP contribution in [-0.4, -0.2) is 24.1 Å². The molecule has 5 nitrogen and oxygen atoms in total. The lowest BCUT2D eigenvalue weighted by Crippen LogP contribution is -2.39. The van der Waals surface area contributed by atoms with E-state index in [0.717, 1.165) is 38.2 Å². The second-order valence-electron chi connectivity index (χ2n) is 6.30. The number of carboxylic acids is 1. The maximum absolute atomic E-state index is 13.8. The number of benzene rings is 1. The minimum atomic E-state index is -1.26. The van der Waals surface area contributed by atoms with Crippen molar-refractivity contribution < 1.29 is 23.8 Å². The van der Waals surface area contributed by atoms with Crippen molar-refractivity contribution in [3.8, 4) is 5.75 Å². The van der Waals surface area contributed by atoms with Gasteiger partial charge in [-0.1, -0.05) is 19.4 Å². The number of amides is 1. The average Bonchev–Trinajstić information content (AvgIpc) is 2.59. The first-order valence-electron chi connectivity index (χ1n) is 8.32. The fourth-order valence-corrected chi connectivity index (χ4v) is 3.24. The van der Waals surface area contributed by atoms with Gasteiger partial charge in [0, 0.05) is 5.92 Å². The van der Waals surface area contributed by atoms with Gasteiger partial charge < -0.3 is 15.2 Å². The molecule has 1 saturated carbocycles. The minimum absolute atomic E-state index is 0.0344. The number of ether oxygens (including phenoxy) is 1. The second-order valence-corrected chi connectivity index (χ2v) is 6.30. The van der Waals surface area contributed by atoms with Gasteiger partial charge in [-0.3, -0.25) is 4.79 Å². The van der Waals surface area contributed by atoms with Crippen LogP contribution in [0.25, 0.3) is 0 Å². The Kier molecular flexibility index (Phi) is 6.17. The summed E-state index contributed by atoms with van der Waals surface area (Å²) in [5.74, 6) is -1.62. The zero-order valence-electron chi connectivity index (χ0n) is 14.0. The molecule has 0 aliphatic heterocycles. The third-order valence-corrected chi connectivity index (χ3v) is 4.84. The van der Waals surface area contributed by atoms with E-state index in [9.17, 15) is 19.1 Å². The van der Waals surface area contributed by atoms with E-state index in [1.54, 1.807) is 0 Å². The number of methoxy groups -OCH3 is 1. The molecule has 0 bridgehead atoms. The molecular weight excluding hydrogens is 313 g/mol. The van der Waals surface area contributed by atoms with Crippen molar-refractivity contribution in [1.82, 2.24) is 5.32 Å². The maximum Gasteiger partial charge on any atom is 0.330 e. The molecule has 0 radical (unpaired) electrons. The summed E-state index contributed by atoms with van der Waals surface area (Å²) in [5, 5.41) is 12.0. The Hall–Kier alpha value is -2.11. The normalized spacial score (nSPS) is 21.8. The van der Waals surface area contributed by atoms with E-state index < -0.39 is 17.8 Å².